The van der Waals surface area contributed by atoms with Crippen molar-refractivity contribution >= 4 is 23.7 Å². The molecule has 0 saturated carbocycles. The van der Waals surface area contributed by atoms with Gasteiger partial charge in [-0.15, -0.1) is 11.6 Å². The lowest BCUT2D eigenvalue weighted by Gasteiger charge is -2.21. The molecular formula is C7H12ClNO4. The van der Waals surface area contributed by atoms with Crippen LogP contribution < -0.4 is 5.32 Å². The van der Waals surface area contributed by atoms with Crippen LogP contribution in [0.3, 0.4) is 0 Å². The summed E-state index contributed by atoms with van der Waals surface area (Å²) in [4.78, 5) is 20.9. The first-order valence-corrected chi connectivity index (χ1v) is 4.15. The quantitative estimate of drug-likeness (QED) is 0.672. The Hall–Kier alpha value is -0.970. The predicted molar refractivity (Wildman–Crippen MR) is 46.9 cm³/mol. The van der Waals surface area contributed by atoms with E-state index >= 15 is 0 Å². The van der Waals surface area contributed by atoms with E-state index in [2.05, 4.69) is 5.32 Å². The van der Waals surface area contributed by atoms with Crippen LogP contribution in [0.15, 0.2) is 0 Å². The number of halogens is 1. The number of amides is 1. The van der Waals surface area contributed by atoms with Gasteiger partial charge in [0.2, 0.25) is 0 Å². The van der Waals surface area contributed by atoms with Crippen LogP contribution >= 0.6 is 11.6 Å². The molecule has 0 atom stereocenters. The number of carbonyl (C=O) groups excluding carboxylic acids is 1. The first kappa shape index (κ1) is 12.0. The van der Waals surface area contributed by atoms with Crippen molar-refractivity contribution in [2.45, 2.75) is 19.4 Å². The maximum atomic E-state index is 10.9. The van der Waals surface area contributed by atoms with Gasteiger partial charge in [-0.2, -0.15) is 0 Å². The second kappa shape index (κ2) is 4.91. The molecule has 6 heteroatoms. The zero-order valence-corrected chi connectivity index (χ0v) is 8.22. The van der Waals surface area contributed by atoms with Gasteiger partial charge >= 0.3 is 12.1 Å². The fourth-order valence-corrected chi connectivity index (χ4v) is 0.517. The third kappa shape index (κ3) is 6.21. The van der Waals surface area contributed by atoms with E-state index in [9.17, 15) is 9.59 Å². The van der Waals surface area contributed by atoms with Gasteiger partial charge in [0, 0.05) is 0 Å². The molecule has 0 aromatic rings. The van der Waals surface area contributed by atoms with Crippen molar-refractivity contribution < 1.29 is 19.4 Å². The number of carboxylic acids is 1. The molecule has 0 fully saturated rings. The first-order chi connectivity index (χ1) is 5.87. The van der Waals surface area contributed by atoms with Gasteiger partial charge in [-0.05, 0) is 13.8 Å². The van der Waals surface area contributed by atoms with Gasteiger partial charge in [0.25, 0.3) is 0 Å². The van der Waals surface area contributed by atoms with Crippen molar-refractivity contribution in [3.05, 3.63) is 0 Å². The summed E-state index contributed by atoms with van der Waals surface area (Å²) in [7, 11) is 0. The highest BCUT2D eigenvalue weighted by atomic mass is 35.5. The molecule has 13 heavy (non-hydrogen) atoms. The predicted octanol–water partition coefficient (Wildman–Crippen LogP) is 0.815. The maximum Gasteiger partial charge on any atom is 0.408 e. The molecule has 0 radical (unpaired) electrons. The Kier molecular flexibility index (Phi) is 4.55. The molecule has 0 aromatic carbocycles. The Balaban J connectivity index is 3.81. The maximum absolute atomic E-state index is 10.9. The molecule has 0 saturated heterocycles. The first-order valence-electron chi connectivity index (χ1n) is 3.62. The van der Waals surface area contributed by atoms with E-state index in [0.29, 0.717) is 0 Å². The fraction of sp³-hybridized carbons (Fsp3) is 0.714. The van der Waals surface area contributed by atoms with Gasteiger partial charge in [-0.25, -0.2) is 4.79 Å². The van der Waals surface area contributed by atoms with Crippen LogP contribution in [0, 0.1) is 0 Å². The third-order valence-corrected chi connectivity index (χ3v) is 1.72. The molecule has 0 aromatic heterocycles. The van der Waals surface area contributed by atoms with Crippen LogP contribution in [0.4, 0.5) is 4.79 Å². The van der Waals surface area contributed by atoms with Crippen molar-refractivity contribution in [3.8, 4) is 0 Å². The summed E-state index contributed by atoms with van der Waals surface area (Å²) in [5.41, 5.74) is -0.788. The Morgan fingerprint density at radius 2 is 2.08 bits per heavy atom. The van der Waals surface area contributed by atoms with Crippen LogP contribution in [0.25, 0.3) is 0 Å². The van der Waals surface area contributed by atoms with Gasteiger partial charge in [0.05, 0.1) is 5.88 Å². The van der Waals surface area contributed by atoms with Gasteiger partial charge in [-0.3, -0.25) is 4.79 Å². The number of aliphatic carboxylic acids is 1. The second-order valence-corrected chi connectivity index (χ2v) is 3.30. The number of hydrogen-bond donors (Lipinski definition) is 2. The highest BCUT2D eigenvalue weighted by Gasteiger charge is 2.21. The van der Waals surface area contributed by atoms with Gasteiger partial charge in [0.1, 0.15) is 12.1 Å². The molecule has 0 unspecified atom stereocenters. The average Bonchev–Trinajstić information content (AvgIpc) is 2.00. The molecule has 0 spiro atoms. The van der Waals surface area contributed by atoms with Crippen molar-refractivity contribution in [2.75, 3.05) is 12.4 Å². The van der Waals surface area contributed by atoms with E-state index in [0.717, 1.165) is 0 Å². The number of ether oxygens (including phenoxy) is 1. The summed E-state index contributed by atoms with van der Waals surface area (Å²) in [5.74, 6) is -0.978. The normalized spacial score (nSPS) is 10.7. The molecule has 5 nitrogen and oxygen atoms in total. The summed E-state index contributed by atoms with van der Waals surface area (Å²) in [6.07, 6.45) is -0.784. The van der Waals surface area contributed by atoms with Crippen LogP contribution in [-0.4, -0.2) is 35.2 Å². The molecule has 2 N–H and O–H groups in total. The molecule has 0 aliphatic heterocycles. The van der Waals surface area contributed by atoms with E-state index in [4.69, 9.17) is 21.4 Å². The van der Waals surface area contributed by atoms with Crippen LogP contribution in [0.2, 0.25) is 0 Å². The van der Waals surface area contributed by atoms with Crippen molar-refractivity contribution in [2.24, 2.45) is 0 Å². The molecule has 0 rings (SSSR count). The summed E-state index contributed by atoms with van der Waals surface area (Å²) in [6.45, 7) is 2.79. The second-order valence-electron chi connectivity index (χ2n) is 3.03. The van der Waals surface area contributed by atoms with Crippen LogP contribution in [-0.2, 0) is 9.53 Å². The number of carbonyl (C=O) groups is 2. The van der Waals surface area contributed by atoms with Crippen LogP contribution in [0.1, 0.15) is 13.8 Å². The lowest BCUT2D eigenvalue weighted by atomic mass is 10.2. The van der Waals surface area contributed by atoms with E-state index in [1.807, 2.05) is 0 Å². The Morgan fingerprint density at radius 3 is 2.46 bits per heavy atom. The zero-order chi connectivity index (χ0) is 10.5. The van der Waals surface area contributed by atoms with Crippen LogP contribution in [0.5, 0.6) is 0 Å². The van der Waals surface area contributed by atoms with Crippen molar-refractivity contribution in [1.29, 1.82) is 0 Å². The van der Waals surface area contributed by atoms with E-state index in [1.165, 1.54) is 0 Å². The summed E-state index contributed by atoms with van der Waals surface area (Å²) in [6, 6.07) is 0. The summed E-state index contributed by atoms with van der Waals surface area (Å²) in [5, 5.41) is 10.3. The topological polar surface area (TPSA) is 75.6 Å². The van der Waals surface area contributed by atoms with Crippen molar-refractivity contribution in [3.63, 3.8) is 0 Å². The molecule has 0 aliphatic rings. The summed E-state index contributed by atoms with van der Waals surface area (Å²) >= 11 is 5.48. The van der Waals surface area contributed by atoms with Gasteiger partial charge < -0.3 is 15.2 Å². The number of alkyl carbamates (subject to hydrolysis) is 1. The number of nitrogens with one attached hydrogen (secondary N) is 1. The minimum atomic E-state index is -1.12. The van der Waals surface area contributed by atoms with Gasteiger partial charge in [0.15, 0.2) is 0 Å². The van der Waals surface area contributed by atoms with E-state index in [-0.39, 0.29) is 5.88 Å². The smallest absolute Gasteiger partial charge is 0.408 e. The lowest BCUT2D eigenvalue weighted by molar-refractivity contribution is -0.135. The Morgan fingerprint density at radius 1 is 1.54 bits per heavy atom. The number of alkyl halides is 1. The third-order valence-electron chi connectivity index (χ3n) is 1.07. The minimum Gasteiger partial charge on any atom is -0.480 e. The molecule has 0 bridgehead atoms. The van der Waals surface area contributed by atoms with E-state index < -0.39 is 24.2 Å². The number of rotatable bonds is 4. The molecule has 0 aliphatic carbocycles. The molecule has 1 amide bonds. The average molecular weight is 210 g/mol. The fourth-order valence-electron chi connectivity index (χ4n) is 0.462. The Bertz CT molecular complexity index is 205. The standard InChI is InChI=1S/C7H12ClNO4/c1-7(2,4-8)13-6(12)9-3-5(10)11/h3-4H2,1-2H3,(H,9,12)(H,10,11). The molecule has 76 valence electrons. The minimum absolute atomic E-state index is 0.146. The number of hydrogen-bond acceptors (Lipinski definition) is 3. The number of carboxylic acid groups (broad SMARTS) is 1. The highest BCUT2D eigenvalue weighted by Crippen LogP contribution is 2.10. The SMILES string of the molecule is CC(C)(CCl)OC(=O)NCC(=O)O. The summed E-state index contributed by atoms with van der Waals surface area (Å²) < 4.78 is 4.79. The Labute approximate surface area is 81.0 Å². The largest absolute Gasteiger partial charge is 0.480 e. The van der Waals surface area contributed by atoms with Gasteiger partial charge in [-0.1, -0.05) is 0 Å². The monoisotopic (exact) mass is 209 g/mol. The lowest BCUT2D eigenvalue weighted by Crippen LogP contribution is -2.37. The highest BCUT2D eigenvalue weighted by molar-refractivity contribution is 6.18. The van der Waals surface area contributed by atoms with E-state index in [1.54, 1.807) is 13.8 Å². The molecular weight excluding hydrogens is 198 g/mol. The van der Waals surface area contributed by atoms with Crippen molar-refractivity contribution in [1.82, 2.24) is 5.32 Å². The zero-order valence-electron chi connectivity index (χ0n) is 7.46. The molecule has 0 heterocycles.